The zero-order chi connectivity index (χ0) is 24.6. The Hall–Kier alpha value is -3.01. The van der Waals surface area contributed by atoms with Crippen molar-refractivity contribution in [2.45, 2.75) is 45.4 Å². The first-order valence-electron chi connectivity index (χ1n) is 10.2. The number of methoxy groups -OCH3 is 2. The summed E-state index contributed by atoms with van der Waals surface area (Å²) in [7, 11) is 2.56. The van der Waals surface area contributed by atoms with Crippen molar-refractivity contribution in [2.24, 2.45) is 11.1 Å². The van der Waals surface area contributed by atoms with Crippen molar-refractivity contribution in [2.75, 3.05) is 20.8 Å². The molecule has 0 amide bonds. The summed E-state index contributed by atoms with van der Waals surface area (Å²) in [6, 6.07) is 4.70. The smallest absolute Gasteiger partial charge is 0.411 e. The maximum absolute atomic E-state index is 13.2. The van der Waals surface area contributed by atoms with Crippen molar-refractivity contribution >= 4 is 11.8 Å². The molecule has 0 saturated carbocycles. The molecule has 1 aromatic rings. The number of hydrogen-bond acceptors (Lipinski definition) is 7. The maximum atomic E-state index is 13.2. The third-order valence-electron chi connectivity index (χ3n) is 5.52. The quantitative estimate of drug-likeness (QED) is 0.632. The van der Waals surface area contributed by atoms with E-state index in [9.17, 15) is 22.8 Å². The molecule has 2 N–H and O–H groups in total. The van der Waals surface area contributed by atoms with Gasteiger partial charge in [-0.2, -0.15) is 13.2 Å². The van der Waals surface area contributed by atoms with E-state index in [0.717, 1.165) is 0 Å². The first-order chi connectivity index (χ1) is 15.4. The first-order valence-corrected chi connectivity index (χ1v) is 10.2. The maximum Gasteiger partial charge on any atom is 0.411 e. The second-order valence-corrected chi connectivity index (χ2v) is 8.76. The van der Waals surface area contributed by atoms with E-state index in [1.807, 2.05) is 13.8 Å². The summed E-state index contributed by atoms with van der Waals surface area (Å²) in [5, 5.41) is 0. The molecule has 33 heavy (non-hydrogen) atoms. The summed E-state index contributed by atoms with van der Waals surface area (Å²) in [5.74, 6) is -1.39. The minimum Gasteiger partial charge on any atom is -0.496 e. The molecule has 0 aromatic heterocycles. The number of benzene rings is 1. The molecule has 1 aliphatic heterocycles. The molecule has 0 bridgehead atoms. The van der Waals surface area contributed by atoms with Gasteiger partial charge in [-0.25, -0.2) is 4.79 Å². The van der Waals surface area contributed by atoms with Crippen molar-refractivity contribution in [3.05, 3.63) is 52.1 Å². The van der Waals surface area contributed by atoms with Crippen molar-refractivity contribution < 1.29 is 41.7 Å². The molecule has 10 heteroatoms. The molecular formula is C23H26F3NO6. The Balaban J connectivity index is 2.10. The van der Waals surface area contributed by atoms with Gasteiger partial charge in [0.2, 0.25) is 5.88 Å². The standard InChI is InChI=1S/C23H26F3NO6/c1-22(2)8-14(28)18-16(9-22)33-20(27)19(21(29)31-4)17(18)12-5-6-15(30-3)13(7-12)10-32-11-23(24,25)26/h5-7,17H,8-11,27H2,1-4H3/t17-/m1/s1. The van der Waals surface area contributed by atoms with Gasteiger partial charge in [-0.1, -0.05) is 19.9 Å². The van der Waals surface area contributed by atoms with Crippen LogP contribution in [0, 0.1) is 5.41 Å². The van der Waals surface area contributed by atoms with Gasteiger partial charge < -0.3 is 24.7 Å². The lowest BCUT2D eigenvalue weighted by Gasteiger charge is -2.38. The average Bonchev–Trinajstić information content (AvgIpc) is 2.70. The number of ether oxygens (including phenoxy) is 4. The fourth-order valence-corrected chi connectivity index (χ4v) is 4.19. The predicted molar refractivity (Wildman–Crippen MR) is 111 cm³/mol. The summed E-state index contributed by atoms with van der Waals surface area (Å²) in [4.78, 5) is 25.8. The Morgan fingerprint density at radius 2 is 1.94 bits per heavy atom. The highest BCUT2D eigenvalue weighted by Gasteiger charge is 2.45. The molecule has 180 valence electrons. The molecular weight excluding hydrogens is 443 g/mol. The summed E-state index contributed by atoms with van der Waals surface area (Å²) < 4.78 is 58.3. The van der Waals surface area contributed by atoms with E-state index in [4.69, 9.17) is 24.7 Å². The van der Waals surface area contributed by atoms with Crippen molar-refractivity contribution in [1.82, 2.24) is 0 Å². The molecule has 1 heterocycles. The largest absolute Gasteiger partial charge is 0.496 e. The number of carbonyl (C=O) groups is 2. The molecule has 1 atom stereocenters. The third kappa shape index (κ3) is 5.32. The van der Waals surface area contributed by atoms with Gasteiger partial charge >= 0.3 is 12.1 Å². The SMILES string of the molecule is COC(=O)C1=C(N)OC2=C(C(=O)CC(C)(C)C2)[C@H]1c1ccc(OC)c(COCC(F)(F)F)c1. The van der Waals surface area contributed by atoms with E-state index in [2.05, 4.69) is 0 Å². The number of halogens is 3. The van der Waals surface area contributed by atoms with Crippen LogP contribution in [0.25, 0.3) is 0 Å². The zero-order valence-corrected chi connectivity index (χ0v) is 18.8. The zero-order valence-electron chi connectivity index (χ0n) is 18.8. The van der Waals surface area contributed by atoms with Gasteiger partial charge in [0.25, 0.3) is 0 Å². The average molecular weight is 469 g/mol. The number of ketones is 1. The lowest BCUT2D eigenvalue weighted by Crippen LogP contribution is -2.35. The first kappa shape index (κ1) is 24.6. The third-order valence-corrected chi connectivity index (χ3v) is 5.52. The van der Waals surface area contributed by atoms with Gasteiger partial charge in [-0.15, -0.1) is 0 Å². The molecule has 0 fully saturated rings. The fourth-order valence-electron chi connectivity index (χ4n) is 4.19. The molecule has 7 nitrogen and oxygen atoms in total. The fraction of sp³-hybridized carbons (Fsp3) is 0.478. The Labute approximate surface area is 189 Å². The van der Waals surface area contributed by atoms with Crippen LogP contribution >= 0.6 is 0 Å². The number of allylic oxidation sites excluding steroid dienone is 2. The lowest BCUT2D eigenvalue weighted by molar-refractivity contribution is -0.176. The minimum absolute atomic E-state index is 0.0448. The Morgan fingerprint density at radius 1 is 1.24 bits per heavy atom. The number of Topliss-reactive ketones (excluding diaryl/α,β-unsaturated/α-hetero) is 1. The van der Waals surface area contributed by atoms with Crippen LogP contribution in [0.2, 0.25) is 0 Å². The van der Waals surface area contributed by atoms with Gasteiger partial charge in [-0.05, 0) is 23.1 Å². The van der Waals surface area contributed by atoms with Crippen LogP contribution < -0.4 is 10.5 Å². The number of carbonyl (C=O) groups excluding carboxylic acids is 2. The van der Waals surface area contributed by atoms with Crippen molar-refractivity contribution in [1.29, 1.82) is 0 Å². The van der Waals surface area contributed by atoms with Gasteiger partial charge in [0.05, 0.1) is 26.7 Å². The van der Waals surface area contributed by atoms with Crippen LogP contribution in [0.15, 0.2) is 41.0 Å². The number of alkyl halides is 3. The summed E-state index contributed by atoms with van der Waals surface area (Å²) >= 11 is 0. The van der Waals surface area contributed by atoms with E-state index in [0.29, 0.717) is 29.1 Å². The lowest BCUT2D eigenvalue weighted by atomic mass is 9.70. The van der Waals surface area contributed by atoms with E-state index in [1.54, 1.807) is 18.2 Å². The molecule has 1 aromatic carbocycles. The number of nitrogens with two attached hydrogens (primary N) is 1. The molecule has 0 spiro atoms. The molecule has 1 aliphatic carbocycles. The molecule has 3 rings (SSSR count). The van der Waals surface area contributed by atoms with E-state index in [1.165, 1.54) is 14.2 Å². The highest BCUT2D eigenvalue weighted by atomic mass is 19.4. The normalized spacial score (nSPS) is 20.3. The highest BCUT2D eigenvalue weighted by Crippen LogP contribution is 2.48. The molecule has 0 radical (unpaired) electrons. The number of hydrogen-bond donors (Lipinski definition) is 1. The summed E-state index contributed by atoms with van der Waals surface area (Å²) in [6.45, 7) is 2.03. The van der Waals surface area contributed by atoms with E-state index < -0.39 is 24.7 Å². The van der Waals surface area contributed by atoms with E-state index in [-0.39, 0.29) is 41.3 Å². The van der Waals surface area contributed by atoms with Crippen LogP contribution in [0.1, 0.15) is 43.7 Å². The molecule has 2 aliphatic rings. The van der Waals surface area contributed by atoms with Crippen LogP contribution in [-0.4, -0.2) is 38.8 Å². The van der Waals surface area contributed by atoms with Crippen LogP contribution in [0.4, 0.5) is 13.2 Å². The van der Waals surface area contributed by atoms with Gasteiger partial charge in [-0.3, -0.25) is 4.79 Å². The Morgan fingerprint density at radius 3 is 2.55 bits per heavy atom. The number of rotatable bonds is 6. The Kier molecular flexibility index (Phi) is 6.78. The van der Waals surface area contributed by atoms with Crippen molar-refractivity contribution in [3.8, 4) is 5.75 Å². The molecule has 0 saturated heterocycles. The van der Waals surface area contributed by atoms with Gasteiger partial charge in [0.15, 0.2) is 5.78 Å². The summed E-state index contributed by atoms with van der Waals surface area (Å²) in [5.41, 5.74) is 6.74. The van der Waals surface area contributed by atoms with Gasteiger partial charge in [0, 0.05) is 24.0 Å². The topological polar surface area (TPSA) is 97.1 Å². The highest BCUT2D eigenvalue weighted by molar-refractivity contribution is 6.03. The monoisotopic (exact) mass is 469 g/mol. The van der Waals surface area contributed by atoms with E-state index >= 15 is 0 Å². The van der Waals surface area contributed by atoms with Gasteiger partial charge in [0.1, 0.15) is 23.7 Å². The Bertz CT molecular complexity index is 1030. The second kappa shape index (κ2) is 9.09. The van der Waals surface area contributed by atoms with Crippen LogP contribution in [0.3, 0.4) is 0 Å². The number of esters is 1. The molecule has 0 unspecified atom stereocenters. The van der Waals surface area contributed by atoms with Crippen LogP contribution in [-0.2, 0) is 30.4 Å². The predicted octanol–water partition coefficient (Wildman–Crippen LogP) is 3.87. The van der Waals surface area contributed by atoms with Crippen molar-refractivity contribution in [3.63, 3.8) is 0 Å². The van der Waals surface area contributed by atoms with Crippen LogP contribution in [0.5, 0.6) is 5.75 Å². The summed E-state index contributed by atoms with van der Waals surface area (Å²) in [6.07, 6.45) is -3.82. The second-order valence-electron chi connectivity index (χ2n) is 8.76. The minimum atomic E-state index is -4.48.